The van der Waals surface area contributed by atoms with Gasteiger partial charge in [-0.1, -0.05) is 0 Å². The van der Waals surface area contributed by atoms with Crippen LogP contribution in [-0.4, -0.2) is 46.3 Å². The molecule has 7 nitrogen and oxygen atoms in total. The summed E-state index contributed by atoms with van der Waals surface area (Å²) in [6, 6.07) is -0.276. The van der Waals surface area contributed by atoms with Crippen LogP contribution in [-0.2, 0) is 10.3 Å². The van der Waals surface area contributed by atoms with Gasteiger partial charge in [0.2, 0.25) is 5.91 Å². The number of nitrogens with zero attached hydrogens (tertiary/aromatic N) is 3. The van der Waals surface area contributed by atoms with Gasteiger partial charge < -0.3 is 15.5 Å². The Bertz CT molecular complexity index is 588. The number of aromatic nitrogens is 2. The van der Waals surface area contributed by atoms with Gasteiger partial charge in [0.05, 0.1) is 17.3 Å². The molecule has 2 heterocycles. The fraction of sp³-hybridized carbons (Fsp3) is 0.688. The zero-order chi connectivity index (χ0) is 17.2. The molecule has 0 aliphatic carbocycles. The van der Waals surface area contributed by atoms with Crippen molar-refractivity contribution in [1.82, 2.24) is 25.3 Å². The summed E-state index contributed by atoms with van der Waals surface area (Å²) in [6.45, 7) is 11.7. The van der Waals surface area contributed by atoms with E-state index < -0.39 is 0 Å². The summed E-state index contributed by atoms with van der Waals surface area (Å²) in [5, 5.41) is 10.3. The van der Waals surface area contributed by atoms with Crippen LogP contribution in [0.4, 0.5) is 4.79 Å². The lowest BCUT2D eigenvalue weighted by Gasteiger charge is -2.23. The normalized spacial score (nSPS) is 17.4. The van der Waals surface area contributed by atoms with Gasteiger partial charge in [-0.15, -0.1) is 0 Å². The first-order valence-corrected chi connectivity index (χ1v) is 8.07. The Labute approximate surface area is 137 Å². The zero-order valence-electron chi connectivity index (χ0n) is 14.6. The third-order valence-corrected chi connectivity index (χ3v) is 4.03. The molecule has 1 aromatic heterocycles. The molecule has 7 heteroatoms. The Hall–Kier alpha value is -2.05. The molecule has 2 N–H and O–H groups in total. The van der Waals surface area contributed by atoms with Crippen molar-refractivity contribution >= 4 is 11.9 Å². The molecule has 1 aliphatic heterocycles. The van der Waals surface area contributed by atoms with Crippen LogP contribution in [0.2, 0.25) is 0 Å². The Kier molecular flexibility index (Phi) is 4.97. The van der Waals surface area contributed by atoms with Crippen LogP contribution in [0.3, 0.4) is 0 Å². The van der Waals surface area contributed by atoms with Gasteiger partial charge in [-0.2, -0.15) is 5.10 Å². The summed E-state index contributed by atoms with van der Waals surface area (Å²) in [7, 11) is 0. The number of hydrogen-bond acceptors (Lipinski definition) is 3. The van der Waals surface area contributed by atoms with E-state index in [1.54, 1.807) is 4.90 Å². The van der Waals surface area contributed by atoms with Gasteiger partial charge in [-0.05, 0) is 34.6 Å². The van der Waals surface area contributed by atoms with Crippen LogP contribution in [0.25, 0.3) is 0 Å². The molecule has 128 valence electrons. The number of aryl methyl sites for hydroxylation is 1. The average molecular weight is 321 g/mol. The standard InChI is InChI=1S/C16H27N5O2/c1-11(13-10-21(16(3,4)5)19-12(13)2)18-15(23)20-8-6-14(22)17-7-9-20/h10-11H,6-9H2,1-5H3,(H,17,22)(H,18,23). The molecule has 1 aliphatic rings. The second-order valence-electron chi connectivity index (χ2n) is 7.04. The van der Waals surface area contributed by atoms with Gasteiger partial charge in [-0.3, -0.25) is 9.48 Å². The number of hydrogen-bond donors (Lipinski definition) is 2. The van der Waals surface area contributed by atoms with Crippen molar-refractivity contribution in [3.63, 3.8) is 0 Å². The van der Waals surface area contributed by atoms with Gasteiger partial charge in [0.15, 0.2) is 0 Å². The Morgan fingerprint density at radius 2 is 2.09 bits per heavy atom. The molecule has 3 amide bonds. The van der Waals surface area contributed by atoms with Crippen LogP contribution in [0.15, 0.2) is 6.20 Å². The fourth-order valence-corrected chi connectivity index (χ4v) is 2.57. The van der Waals surface area contributed by atoms with Crippen molar-refractivity contribution in [2.24, 2.45) is 0 Å². The minimum atomic E-state index is -0.142. The van der Waals surface area contributed by atoms with Gasteiger partial charge in [0.25, 0.3) is 0 Å². The maximum absolute atomic E-state index is 12.4. The van der Waals surface area contributed by atoms with Gasteiger partial charge in [0, 0.05) is 37.8 Å². The minimum Gasteiger partial charge on any atom is -0.354 e. The molecule has 1 unspecified atom stereocenters. The van der Waals surface area contributed by atoms with Crippen molar-refractivity contribution in [2.45, 2.75) is 52.6 Å². The zero-order valence-corrected chi connectivity index (χ0v) is 14.6. The Balaban J connectivity index is 2.03. The second kappa shape index (κ2) is 6.60. The van der Waals surface area contributed by atoms with Gasteiger partial charge in [-0.25, -0.2) is 4.79 Å². The maximum atomic E-state index is 12.4. The van der Waals surface area contributed by atoms with Crippen molar-refractivity contribution < 1.29 is 9.59 Å². The molecule has 0 saturated carbocycles. The summed E-state index contributed by atoms with van der Waals surface area (Å²) < 4.78 is 1.93. The first kappa shape index (κ1) is 17.3. The molecule has 23 heavy (non-hydrogen) atoms. The number of urea groups is 1. The van der Waals surface area contributed by atoms with Crippen molar-refractivity contribution in [1.29, 1.82) is 0 Å². The molecule has 0 aromatic carbocycles. The molecule has 1 aromatic rings. The Morgan fingerprint density at radius 3 is 2.70 bits per heavy atom. The van der Waals surface area contributed by atoms with Crippen molar-refractivity contribution in [3.05, 3.63) is 17.5 Å². The Morgan fingerprint density at radius 1 is 1.39 bits per heavy atom. The van der Waals surface area contributed by atoms with Crippen molar-refractivity contribution in [3.8, 4) is 0 Å². The smallest absolute Gasteiger partial charge is 0.317 e. The van der Waals surface area contributed by atoms with Crippen LogP contribution < -0.4 is 10.6 Å². The molecular weight excluding hydrogens is 294 g/mol. The lowest BCUT2D eigenvalue weighted by atomic mass is 10.1. The average Bonchev–Trinajstić information content (AvgIpc) is 2.71. The first-order chi connectivity index (χ1) is 10.7. The van der Waals surface area contributed by atoms with E-state index >= 15 is 0 Å². The molecule has 1 fully saturated rings. The van der Waals surface area contributed by atoms with E-state index in [9.17, 15) is 9.59 Å². The highest BCUT2D eigenvalue weighted by Gasteiger charge is 2.23. The molecule has 0 spiro atoms. The summed E-state index contributed by atoms with van der Waals surface area (Å²) in [5.41, 5.74) is 1.83. The molecule has 1 saturated heterocycles. The number of amides is 3. The van der Waals surface area contributed by atoms with E-state index in [0.717, 1.165) is 11.3 Å². The van der Waals surface area contributed by atoms with Gasteiger partial charge >= 0.3 is 6.03 Å². The predicted molar refractivity (Wildman–Crippen MR) is 88.1 cm³/mol. The summed E-state index contributed by atoms with van der Waals surface area (Å²) in [4.78, 5) is 25.4. The molecule has 1 atom stereocenters. The molecule has 0 bridgehead atoms. The van der Waals surface area contributed by atoms with E-state index in [1.165, 1.54) is 0 Å². The van der Waals surface area contributed by atoms with Gasteiger partial charge in [0.1, 0.15) is 0 Å². The van der Waals surface area contributed by atoms with Crippen LogP contribution in [0.5, 0.6) is 0 Å². The molecule has 0 radical (unpaired) electrons. The molecule has 2 rings (SSSR count). The largest absolute Gasteiger partial charge is 0.354 e. The quantitative estimate of drug-likeness (QED) is 0.867. The second-order valence-corrected chi connectivity index (χ2v) is 7.04. The number of carbonyl (C=O) groups is 2. The predicted octanol–water partition coefficient (Wildman–Crippen LogP) is 1.54. The van der Waals surface area contributed by atoms with E-state index in [-0.39, 0.29) is 23.5 Å². The van der Waals surface area contributed by atoms with Crippen LogP contribution in [0, 0.1) is 6.92 Å². The highest BCUT2D eigenvalue weighted by Crippen LogP contribution is 2.21. The third kappa shape index (κ3) is 4.24. The number of nitrogens with one attached hydrogen (secondary N) is 2. The summed E-state index contributed by atoms with van der Waals surface area (Å²) in [5.74, 6) is -0.00403. The van der Waals surface area contributed by atoms with E-state index in [1.807, 2.05) is 24.7 Å². The SMILES string of the molecule is Cc1nn(C(C)(C)C)cc1C(C)NC(=O)N1CCNC(=O)CC1. The fourth-order valence-electron chi connectivity index (χ4n) is 2.57. The maximum Gasteiger partial charge on any atom is 0.317 e. The monoisotopic (exact) mass is 321 g/mol. The van der Waals surface area contributed by atoms with E-state index in [0.29, 0.717) is 26.1 Å². The van der Waals surface area contributed by atoms with Crippen LogP contribution in [0.1, 0.15) is 51.4 Å². The van der Waals surface area contributed by atoms with E-state index in [4.69, 9.17) is 0 Å². The molecular formula is C16H27N5O2. The topological polar surface area (TPSA) is 79.3 Å². The highest BCUT2D eigenvalue weighted by atomic mass is 16.2. The lowest BCUT2D eigenvalue weighted by molar-refractivity contribution is -0.120. The minimum absolute atomic E-state index is 0.00403. The highest BCUT2D eigenvalue weighted by molar-refractivity contribution is 5.79. The summed E-state index contributed by atoms with van der Waals surface area (Å²) >= 11 is 0. The number of rotatable bonds is 2. The lowest BCUT2D eigenvalue weighted by Crippen LogP contribution is -2.42. The van der Waals surface area contributed by atoms with E-state index in [2.05, 4.69) is 36.5 Å². The first-order valence-electron chi connectivity index (χ1n) is 8.07. The van der Waals surface area contributed by atoms with Crippen LogP contribution >= 0.6 is 0 Å². The third-order valence-electron chi connectivity index (χ3n) is 4.03. The van der Waals surface area contributed by atoms with Crippen molar-refractivity contribution in [2.75, 3.05) is 19.6 Å². The number of carbonyl (C=O) groups excluding carboxylic acids is 2. The summed E-state index contributed by atoms with van der Waals surface area (Å²) in [6.07, 6.45) is 2.34.